The number of nitro groups is 1. The van der Waals surface area contributed by atoms with Crippen LogP contribution in [-0.4, -0.2) is 30.3 Å². The third kappa shape index (κ3) is 5.47. The van der Waals surface area contributed by atoms with Crippen molar-refractivity contribution in [2.45, 2.75) is 6.92 Å². The number of hydrogen-bond acceptors (Lipinski definition) is 7. The van der Waals surface area contributed by atoms with Crippen LogP contribution in [0.2, 0.25) is 0 Å². The molecular formula is C21H18BrN3O5S. The minimum absolute atomic E-state index is 0.0225. The van der Waals surface area contributed by atoms with E-state index in [-0.39, 0.29) is 5.69 Å². The number of nitrogens with zero attached hydrogens (tertiary/aromatic N) is 2. The number of hydrazone groups is 1. The maximum Gasteiger partial charge on any atom is 0.281 e. The maximum absolute atomic E-state index is 12.4. The normalized spacial score (nSPS) is 10.9. The number of thiophene rings is 1. The Balaban J connectivity index is 1.75. The number of non-ortho nitro benzene ring substituents is 1. The van der Waals surface area contributed by atoms with Crippen LogP contribution in [0.4, 0.5) is 5.69 Å². The van der Waals surface area contributed by atoms with Crippen LogP contribution in [0.1, 0.15) is 22.2 Å². The van der Waals surface area contributed by atoms with Gasteiger partial charge in [0.05, 0.1) is 22.6 Å². The standard InChI is InChI=1S/C21H18BrN3O5S/c1-3-7-30-18-11-16(22)14(9-17(18)29-4-2)12-23-24-21(26)20-10-13-8-15(25(27)28)5-6-19(13)31-20/h3,5-6,8-12H,1,4,7H2,2H3,(H,24,26)/b23-12-. The highest BCUT2D eigenvalue weighted by molar-refractivity contribution is 9.10. The fraction of sp³-hybridized carbons (Fsp3) is 0.143. The predicted octanol–water partition coefficient (Wildman–Crippen LogP) is 5.30. The van der Waals surface area contributed by atoms with Crippen molar-refractivity contribution in [3.05, 3.63) is 74.1 Å². The summed E-state index contributed by atoms with van der Waals surface area (Å²) in [6.45, 7) is 6.30. The van der Waals surface area contributed by atoms with Crippen LogP contribution in [0.25, 0.3) is 10.1 Å². The van der Waals surface area contributed by atoms with Gasteiger partial charge in [-0.05, 0) is 47.1 Å². The number of carbonyl (C=O) groups is 1. The Bertz CT molecular complexity index is 1180. The molecule has 0 spiro atoms. The molecule has 0 bridgehead atoms. The number of hydrogen-bond donors (Lipinski definition) is 1. The number of nitro benzene ring substituents is 1. The summed E-state index contributed by atoms with van der Waals surface area (Å²) in [5.41, 5.74) is 3.13. The lowest BCUT2D eigenvalue weighted by Crippen LogP contribution is -2.16. The Morgan fingerprint density at radius 1 is 1.29 bits per heavy atom. The van der Waals surface area contributed by atoms with E-state index < -0.39 is 10.8 Å². The first-order valence-electron chi connectivity index (χ1n) is 9.14. The summed E-state index contributed by atoms with van der Waals surface area (Å²) in [6.07, 6.45) is 3.13. The van der Waals surface area contributed by atoms with Crippen molar-refractivity contribution in [3.8, 4) is 11.5 Å². The Hall–Kier alpha value is -3.24. The second-order valence-corrected chi connectivity index (χ2v) is 8.08. The molecule has 31 heavy (non-hydrogen) atoms. The molecule has 0 unspecified atom stereocenters. The van der Waals surface area contributed by atoms with Gasteiger partial charge in [-0.15, -0.1) is 11.3 Å². The second kappa shape index (κ2) is 10.2. The van der Waals surface area contributed by atoms with E-state index in [9.17, 15) is 14.9 Å². The molecule has 0 atom stereocenters. The van der Waals surface area contributed by atoms with E-state index in [1.54, 1.807) is 30.3 Å². The third-order valence-corrected chi connectivity index (χ3v) is 5.83. The first-order valence-corrected chi connectivity index (χ1v) is 10.7. The number of carbonyl (C=O) groups excluding carboxylic acids is 1. The number of nitrogens with one attached hydrogen (secondary N) is 1. The van der Waals surface area contributed by atoms with Gasteiger partial charge in [0.15, 0.2) is 11.5 Å². The van der Waals surface area contributed by atoms with Gasteiger partial charge in [-0.2, -0.15) is 5.10 Å². The zero-order valence-corrected chi connectivity index (χ0v) is 18.9. The van der Waals surface area contributed by atoms with Crippen molar-refractivity contribution < 1.29 is 19.2 Å². The molecule has 2 aromatic carbocycles. The monoisotopic (exact) mass is 503 g/mol. The molecule has 0 aliphatic rings. The summed E-state index contributed by atoms with van der Waals surface area (Å²) in [5, 5.41) is 15.6. The molecule has 1 amide bonds. The van der Waals surface area contributed by atoms with Crippen LogP contribution in [0.5, 0.6) is 11.5 Å². The van der Waals surface area contributed by atoms with Crippen LogP contribution in [0, 0.1) is 10.1 Å². The highest BCUT2D eigenvalue weighted by atomic mass is 79.9. The lowest BCUT2D eigenvalue weighted by Gasteiger charge is -2.12. The van der Waals surface area contributed by atoms with E-state index in [2.05, 4.69) is 33.0 Å². The largest absolute Gasteiger partial charge is 0.490 e. The second-order valence-electron chi connectivity index (χ2n) is 6.14. The summed E-state index contributed by atoms with van der Waals surface area (Å²) in [5.74, 6) is 0.702. The minimum Gasteiger partial charge on any atom is -0.490 e. The fourth-order valence-electron chi connectivity index (χ4n) is 2.65. The summed E-state index contributed by atoms with van der Waals surface area (Å²) in [7, 11) is 0. The van der Waals surface area contributed by atoms with Gasteiger partial charge < -0.3 is 9.47 Å². The summed E-state index contributed by atoms with van der Waals surface area (Å²) < 4.78 is 12.7. The van der Waals surface area contributed by atoms with Crippen molar-refractivity contribution in [3.63, 3.8) is 0 Å². The van der Waals surface area contributed by atoms with Gasteiger partial charge >= 0.3 is 0 Å². The molecular weight excluding hydrogens is 486 g/mol. The van der Waals surface area contributed by atoms with Gasteiger partial charge in [0.2, 0.25) is 0 Å². The van der Waals surface area contributed by atoms with E-state index in [0.717, 1.165) is 4.70 Å². The number of fused-ring (bicyclic) bond motifs is 1. The average molecular weight is 504 g/mol. The van der Waals surface area contributed by atoms with Gasteiger partial charge in [-0.3, -0.25) is 14.9 Å². The Morgan fingerprint density at radius 3 is 2.77 bits per heavy atom. The Labute approximate surface area is 190 Å². The highest BCUT2D eigenvalue weighted by Gasteiger charge is 2.13. The van der Waals surface area contributed by atoms with Crippen molar-refractivity contribution >= 4 is 55.2 Å². The average Bonchev–Trinajstić information content (AvgIpc) is 3.18. The molecule has 0 saturated carbocycles. The SMILES string of the molecule is C=CCOc1cc(Br)c(/C=N\NC(=O)c2cc3cc([N+](=O)[O-])ccc3s2)cc1OCC. The smallest absolute Gasteiger partial charge is 0.281 e. The zero-order valence-electron chi connectivity index (χ0n) is 16.5. The lowest BCUT2D eigenvalue weighted by molar-refractivity contribution is -0.384. The van der Waals surface area contributed by atoms with Gasteiger partial charge in [0, 0.05) is 32.3 Å². The minimum atomic E-state index is -0.469. The summed E-state index contributed by atoms with van der Waals surface area (Å²) in [6, 6.07) is 9.59. The number of ether oxygens (including phenoxy) is 2. The molecule has 3 aromatic rings. The van der Waals surface area contributed by atoms with Crippen molar-refractivity contribution in [1.29, 1.82) is 0 Å². The Morgan fingerprint density at radius 2 is 2.06 bits per heavy atom. The molecule has 160 valence electrons. The van der Waals surface area contributed by atoms with E-state index in [1.807, 2.05) is 6.92 Å². The molecule has 1 N–H and O–H groups in total. The first kappa shape index (κ1) is 22.4. The van der Waals surface area contributed by atoms with E-state index in [1.165, 1.54) is 29.7 Å². The molecule has 8 nitrogen and oxygen atoms in total. The molecule has 0 radical (unpaired) electrons. The quantitative estimate of drug-likeness (QED) is 0.184. The van der Waals surface area contributed by atoms with Crippen molar-refractivity contribution in [2.75, 3.05) is 13.2 Å². The lowest BCUT2D eigenvalue weighted by atomic mass is 10.2. The predicted molar refractivity (Wildman–Crippen MR) is 125 cm³/mol. The van der Waals surface area contributed by atoms with Crippen LogP contribution in [0.3, 0.4) is 0 Å². The number of benzene rings is 2. The van der Waals surface area contributed by atoms with E-state index in [4.69, 9.17) is 9.47 Å². The van der Waals surface area contributed by atoms with Crippen molar-refractivity contribution in [1.82, 2.24) is 5.43 Å². The number of rotatable bonds is 9. The molecule has 1 aromatic heterocycles. The maximum atomic E-state index is 12.4. The fourth-order valence-corrected chi connectivity index (χ4v) is 4.01. The van der Waals surface area contributed by atoms with Crippen LogP contribution >= 0.6 is 27.3 Å². The highest BCUT2D eigenvalue weighted by Crippen LogP contribution is 2.33. The third-order valence-electron chi connectivity index (χ3n) is 4.02. The Kier molecular flexibility index (Phi) is 7.37. The first-order chi connectivity index (χ1) is 14.9. The molecule has 0 aliphatic carbocycles. The molecule has 0 saturated heterocycles. The van der Waals surface area contributed by atoms with Gasteiger partial charge in [0.1, 0.15) is 6.61 Å². The van der Waals surface area contributed by atoms with Crippen LogP contribution in [-0.2, 0) is 0 Å². The molecule has 3 rings (SSSR count). The van der Waals surface area contributed by atoms with Crippen LogP contribution in [0.15, 0.2) is 58.6 Å². The number of halogens is 1. The number of amides is 1. The van der Waals surface area contributed by atoms with Crippen molar-refractivity contribution in [2.24, 2.45) is 5.10 Å². The van der Waals surface area contributed by atoms with Gasteiger partial charge in [0.25, 0.3) is 11.6 Å². The van der Waals surface area contributed by atoms with Gasteiger partial charge in [-0.1, -0.05) is 12.7 Å². The molecule has 0 aliphatic heterocycles. The topological polar surface area (TPSA) is 103 Å². The van der Waals surface area contributed by atoms with Crippen LogP contribution < -0.4 is 14.9 Å². The van der Waals surface area contributed by atoms with E-state index >= 15 is 0 Å². The molecule has 0 fully saturated rings. The zero-order chi connectivity index (χ0) is 22.4. The van der Waals surface area contributed by atoms with Gasteiger partial charge in [-0.25, -0.2) is 5.43 Å². The molecule has 1 heterocycles. The summed E-state index contributed by atoms with van der Waals surface area (Å²) >= 11 is 4.69. The van der Waals surface area contributed by atoms with E-state index in [0.29, 0.717) is 45.0 Å². The molecule has 10 heteroatoms. The summed E-state index contributed by atoms with van der Waals surface area (Å²) in [4.78, 5) is 23.3.